The van der Waals surface area contributed by atoms with Crippen molar-refractivity contribution in [3.8, 4) is 0 Å². The number of hydrogen-bond acceptors (Lipinski definition) is 5. The van der Waals surface area contributed by atoms with E-state index in [2.05, 4.69) is 4.72 Å². The first-order valence-electron chi connectivity index (χ1n) is 6.00. The van der Waals surface area contributed by atoms with Gasteiger partial charge < -0.3 is 16.6 Å². The maximum Gasteiger partial charge on any atom is 0.335 e. The fourth-order valence-electron chi connectivity index (χ4n) is 1.68. The molecule has 0 saturated carbocycles. The minimum atomic E-state index is -4.09. The first kappa shape index (κ1) is 16.9. The van der Waals surface area contributed by atoms with E-state index in [1.165, 1.54) is 0 Å². The number of carboxylic acid groups (broad SMARTS) is 1. The number of carboxylic acids is 1. The van der Waals surface area contributed by atoms with Gasteiger partial charge in [-0.05, 0) is 24.1 Å². The molecule has 21 heavy (non-hydrogen) atoms. The lowest BCUT2D eigenvalue weighted by molar-refractivity contribution is -0.120. The van der Waals surface area contributed by atoms with Gasteiger partial charge in [-0.15, -0.1) is 0 Å². The van der Waals surface area contributed by atoms with E-state index in [4.69, 9.17) is 16.6 Å². The van der Waals surface area contributed by atoms with Crippen LogP contribution in [0.2, 0.25) is 0 Å². The van der Waals surface area contributed by atoms with E-state index in [1.807, 2.05) is 0 Å². The Hall–Kier alpha value is -2.13. The summed E-state index contributed by atoms with van der Waals surface area (Å²) in [6.45, 7) is 3.27. The topological polar surface area (TPSA) is 153 Å². The van der Waals surface area contributed by atoms with Gasteiger partial charge in [-0.3, -0.25) is 4.79 Å². The largest absolute Gasteiger partial charge is 0.478 e. The van der Waals surface area contributed by atoms with Crippen molar-refractivity contribution < 1.29 is 23.1 Å². The summed E-state index contributed by atoms with van der Waals surface area (Å²) in [5, 5.41) is 8.81. The second kappa shape index (κ2) is 6.10. The number of rotatable bonds is 6. The number of nitrogen functional groups attached to an aromatic ring is 1. The predicted molar refractivity (Wildman–Crippen MR) is 76.0 cm³/mol. The van der Waals surface area contributed by atoms with Crippen molar-refractivity contribution in [1.29, 1.82) is 0 Å². The van der Waals surface area contributed by atoms with Gasteiger partial charge in [0.2, 0.25) is 15.9 Å². The number of sulfonamides is 1. The average molecular weight is 315 g/mol. The van der Waals surface area contributed by atoms with Crippen LogP contribution >= 0.6 is 0 Å². The van der Waals surface area contributed by atoms with E-state index in [-0.39, 0.29) is 22.1 Å². The minimum absolute atomic E-state index is 0.137. The molecule has 0 saturated heterocycles. The number of amides is 1. The highest BCUT2D eigenvalue weighted by Crippen LogP contribution is 2.20. The Bertz CT molecular complexity index is 669. The highest BCUT2D eigenvalue weighted by atomic mass is 32.2. The van der Waals surface area contributed by atoms with E-state index in [0.717, 1.165) is 18.2 Å². The Balaban J connectivity index is 3.19. The number of primary amides is 1. The van der Waals surface area contributed by atoms with Gasteiger partial charge in [-0.25, -0.2) is 13.2 Å². The number of anilines is 1. The monoisotopic (exact) mass is 315 g/mol. The molecule has 0 heterocycles. The molecule has 1 unspecified atom stereocenters. The highest BCUT2D eigenvalue weighted by Gasteiger charge is 2.28. The minimum Gasteiger partial charge on any atom is -0.478 e. The fourth-order valence-corrected chi connectivity index (χ4v) is 3.15. The number of nitrogens with one attached hydrogen (secondary N) is 1. The van der Waals surface area contributed by atoms with Crippen molar-refractivity contribution in [2.75, 3.05) is 5.73 Å². The zero-order valence-electron chi connectivity index (χ0n) is 11.5. The molecule has 1 aromatic rings. The number of nitrogens with two attached hydrogens (primary N) is 2. The summed E-state index contributed by atoms with van der Waals surface area (Å²) in [6, 6.07) is 2.13. The first-order valence-corrected chi connectivity index (χ1v) is 7.49. The molecular weight excluding hydrogens is 298 g/mol. The summed E-state index contributed by atoms with van der Waals surface area (Å²) in [7, 11) is -4.09. The molecule has 8 nitrogen and oxygen atoms in total. The van der Waals surface area contributed by atoms with Gasteiger partial charge in [0, 0.05) is 0 Å². The summed E-state index contributed by atoms with van der Waals surface area (Å²) >= 11 is 0. The molecule has 1 rings (SSSR count). The first-order chi connectivity index (χ1) is 9.56. The SMILES string of the molecule is CC(C)C(NS(=O)(=O)c1ccc(C(=O)O)cc1N)C(N)=O. The van der Waals surface area contributed by atoms with E-state index < -0.39 is 27.9 Å². The van der Waals surface area contributed by atoms with E-state index in [1.54, 1.807) is 13.8 Å². The van der Waals surface area contributed by atoms with Gasteiger partial charge in [0.1, 0.15) is 10.9 Å². The Morgan fingerprint density at radius 3 is 2.24 bits per heavy atom. The lowest BCUT2D eigenvalue weighted by atomic mass is 10.1. The van der Waals surface area contributed by atoms with E-state index >= 15 is 0 Å². The molecule has 0 aliphatic rings. The van der Waals surface area contributed by atoms with Crippen LogP contribution in [-0.4, -0.2) is 31.4 Å². The van der Waals surface area contributed by atoms with Crippen LogP contribution in [-0.2, 0) is 14.8 Å². The van der Waals surface area contributed by atoms with Crippen molar-refractivity contribution in [3.63, 3.8) is 0 Å². The van der Waals surface area contributed by atoms with Gasteiger partial charge in [0.25, 0.3) is 0 Å². The highest BCUT2D eigenvalue weighted by molar-refractivity contribution is 7.89. The summed E-state index contributed by atoms with van der Waals surface area (Å²) in [4.78, 5) is 21.7. The molecule has 0 aromatic heterocycles. The van der Waals surface area contributed by atoms with Crippen LogP contribution in [0.5, 0.6) is 0 Å². The third kappa shape index (κ3) is 3.92. The van der Waals surface area contributed by atoms with Gasteiger partial charge >= 0.3 is 5.97 Å². The molecule has 0 radical (unpaired) electrons. The molecular formula is C12H17N3O5S. The molecule has 0 fully saturated rings. The summed E-state index contributed by atoms with van der Waals surface area (Å²) in [5.41, 5.74) is 10.4. The number of hydrogen-bond donors (Lipinski definition) is 4. The van der Waals surface area contributed by atoms with E-state index in [0.29, 0.717) is 0 Å². The molecule has 1 atom stereocenters. The predicted octanol–water partition coefficient (Wildman–Crippen LogP) is -0.245. The van der Waals surface area contributed by atoms with Gasteiger partial charge in [-0.2, -0.15) is 4.72 Å². The number of carbonyl (C=O) groups excluding carboxylic acids is 1. The van der Waals surface area contributed by atoms with E-state index in [9.17, 15) is 18.0 Å². The Labute approximate surface area is 122 Å². The van der Waals surface area contributed by atoms with Crippen LogP contribution in [0.25, 0.3) is 0 Å². The zero-order chi connectivity index (χ0) is 16.4. The molecule has 0 aliphatic heterocycles. The molecule has 1 aromatic carbocycles. The molecule has 0 spiro atoms. The van der Waals surface area contributed by atoms with Crippen LogP contribution in [0, 0.1) is 5.92 Å². The maximum absolute atomic E-state index is 12.2. The second-order valence-corrected chi connectivity index (χ2v) is 6.49. The van der Waals surface area contributed by atoms with Gasteiger partial charge in [0.15, 0.2) is 0 Å². The summed E-state index contributed by atoms with van der Waals surface area (Å²) in [5.74, 6) is -2.39. The van der Waals surface area contributed by atoms with Crippen LogP contribution in [0.1, 0.15) is 24.2 Å². The van der Waals surface area contributed by atoms with Crippen molar-refractivity contribution in [2.45, 2.75) is 24.8 Å². The molecule has 116 valence electrons. The second-order valence-electron chi connectivity index (χ2n) is 4.80. The van der Waals surface area contributed by atoms with Gasteiger partial charge in [0.05, 0.1) is 11.3 Å². The Morgan fingerprint density at radius 2 is 1.86 bits per heavy atom. The lowest BCUT2D eigenvalue weighted by Gasteiger charge is -2.19. The summed E-state index contributed by atoms with van der Waals surface area (Å²) in [6.07, 6.45) is 0. The number of carbonyl (C=O) groups is 2. The summed E-state index contributed by atoms with van der Waals surface area (Å²) < 4.78 is 26.6. The Kier molecular flexibility index (Phi) is 4.92. The van der Waals surface area contributed by atoms with Crippen LogP contribution in [0.4, 0.5) is 5.69 Å². The standard InChI is InChI=1S/C12H17N3O5S/c1-6(2)10(11(14)16)15-21(19,20)9-4-3-7(12(17)18)5-8(9)13/h3-6,10,15H,13H2,1-2H3,(H2,14,16)(H,17,18). The van der Waals surface area contributed by atoms with Crippen molar-refractivity contribution in [3.05, 3.63) is 23.8 Å². The number of benzene rings is 1. The zero-order valence-corrected chi connectivity index (χ0v) is 12.3. The third-order valence-corrected chi connectivity index (χ3v) is 4.32. The normalized spacial score (nSPS) is 13.1. The van der Waals surface area contributed by atoms with Gasteiger partial charge in [-0.1, -0.05) is 13.8 Å². The van der Waals surface area contributed by atoms with Crippen molar-refractivity contribution >= 4 is 27.6 Å². The lowest BCUT2D eigenvalue weighted by Crippen LogP contribution is -2.47. The third-order valence-electron chi connectivity index (χ3n) is 2.80. The quantitative estimate of drug-likeness (QED) is 0.531. The number of aromatic carboxylic acids is 1. The maximum atomic E-state index is 12.2. The smallest absolute Gasteiger partial charge is 0.335 e. The molecule has 6 N–H and O–H groups in total. The average Bonchev–Trinajstić information content (AvgIpc) is 2.34. The fraction of sp³-hybridized carbons (Fsp3) is 0.333. The molecule has 1 amide bonds. The van der Waals surface area contributed by atoms with Crippen molar-refractivity contribution in [1.82, 2.24) is 4.72 Å². The van der Waals surface area contributed by atoms with Crippen molar-refractivity contribution in [2.24, 2.45) is 11.7 Å². The molecule has 9 heteroatoms. The molecule has 0 aliphatic carbocycles. The van der Waals surface area contributed by atoms with Crippen LogP contribution in [0.3, 0.4) is 0 Å². The van der Waals surface area contributed by atoms with Crippen LogP contribution in [0.15, 0.2) is 23.1 Å². The molecule has 0 bridgehead atoms. The Morgan fingerprint density at radius 1 is 1.29 bits per heavy atom. The van der Waals surface area contributed by atoms with Crippen LogP contribution < -0.4 is 16.2 Å².